The zero-order valence-corrected chi connectivity index (χ0v) is 7.18. The minimum Gasteiger partial charge on any atom is -0.303 e. The monoisotopic (exact) mass is 141 g/mol. The van der Waals surface area contributed by atoms with E-state index >= 15 is 0 Å². The summed E-state index contributed by atoms with van der Waals surface area (Å²) in [7, 11) is 0. The molecule has 0 fully saturated rings. The van der Waals surface area contributed by atoms with Gasteiger partial charge in [-0.2, -0.15) is 0 Å². The van der Waals surface area contributed by atoms with Crippen molar-refractivity contribution in [2.24, 2.45) is 5.41 Å². The van der Waals surface area contributed by atoms with Crippen molar-refractivity contribution in [3.05, 3.63) is 6.42 Å². The maximum absolute atomic E-state index is 10.2. The van der Waals surface area contributed by atoms with Crippen LogP contribution in [0.4, 0.5) is 0 Å². The average Bonchev–Trinajstić information content (AvgIpc) is 1.84. The molecule has 0 aliphatic carbocycles. The molecule has 0 atom stereocenters. The van der Waals surface area contributed by atoms with Crippen LogP contribution in [0.3, 0.4) is 0 Å². The average molecular weight is 141 g/mol. The lowest BCUT2D eigenvalue weighted by molar-refractivity contribution is -0.109. The Morgan fingerprint density at radius 1 is 1.40 bits per heavy atom. The summed E-state index contributed by atoms with van der Waals surface area (Å²) in [4.78, 5) is 10.2. The summed E-state index contributed by atoms with van der Waals surface area (Å²) in [6, 6.07) is 0. The number of unbranched alkanes of at least 4 members (excludes halogenated alkanes) is 1. The van der Waals surface area contributed by atoms with E-state index in [0.717, 1.165) is 12.7 Å². The summed E-state index contributed by atoms with van der Waals surface area (Å²) in [5, 5.41) is 0. The highest BCUT2D eigenvalue weighted by Gasteiger charge is 2.15. The van der Waals surface area contributed by atoms with Crippen LogP contribution in [0.1, 0.15) is 40.0 Å². The fourth-order valence-electron chi connectivity index (χ4n) is 0.833. The van der Waals surface area contributed by atoms with E-state index in [-0.39, 0.29) is 5.41 Å². The molecule has 0 saturated heterocycles. The zero-order chi connectivity index (χ0) is 8.04. The second kappa shape index (κ2) is 4.48. The number of hydrogen-bond acceptors (Lipinski definition) is 1. The van der Waals surface area contributed by atoms with E-state index in [1.165, 1.54) is 6.42 Å². The normalized spacial score (nSPS) is 11.5. The van der Waals surface area contributed by atoms with Gasteiger partial charge in [-0.05, 0) is 18.3 Å². The molecule has 1 nitrogen and oxygen atoms in total. The Hall–Kier alpha value is -0.330. The third kappa shape index (κ3) is 4.54. The summed E-state index contributed by atoms with van der Waals surface area (Å²) in [5.41, 5.74) is 0.109. The zero-order valence-electron chi connectivity index (χ0n) is 7.18. The molecule has 0 heterocycles. The van der Waals surface area contributed by atoms with Crippen LogP contribution >= 0.6 is 0 Å². The standard InChI is InChI=1S/C9H17O/c1-4-5-6-9(2,3)7-8-10/h6,8H,4-5,7H2,1-3H3. The SMILES string of the molecule is CCC[CH]C(C)(C)CC=O. The molecule has 0 aromatic rings. The van der Waals surface area contributed by atoms with Crippen molar-refractivity contribution in [3.63, 3.8) is 0 Å². The van der Waals surface area contributed by atoms with Gasteiger partial charge in [-0.15, -0.1) is 0 Å². The Labute approximate surface area is 63.8 Å². The Kier molecular flexibility index (Phi) is 4.33. The quantitative estimate of drug-likeness (QED) is 0.538. The lowest BCUT2D eigenvalue weighted by Crippen LogP contribution is -2.12. The molecular formula is C9H17O. The summed E-state index contributed by atoms with van der Waals surface area (Å²) >= 11 is 0. The third-order valence-corrected chi connectivity index (χ3v) is 1.60. The number of hydrogen-bond donors (Lipinski definition) is 0. The first-order chi connectivity index (χ1) is 4.62. The summed E-state index contributed by atoms with van der Waals surface area (Å²) in [5.74, 6) is 0. The molecule has 0 aromatic heterocycles. The molecule has 0 saturated carbocycles. The van der Waals surface area contributed by atoms with E-state index in [0.29, 0.717) is 6.42 Å². The topological polar surface area (TPSA) is 17.1 Å². The van der Waals surface area contributed by atoms with E-state index in [4.69, 9.17) is 0 Å². The largest absolute Gasteiger partial charge is 0.303 e. The van der Waals surface area contributed by atoms with Gasteiger partial charge in [0.05, 0.1) is 0 Å². The second-order valence-electron chi connectivity index (χ2n) is 3.35. The van der Waals surface area contributed by atoms with Gasteiger partial charge in [0.1, 0.15) is 6.29 Å². The molecule has 1 radical (unpaired) electrons. The van der Waals surface area contributed by atoms with Crippen molar-refractivity contribution in [1.82, 2.24) is 0 Å². The van der Waals surface area contributed by atoms with Crippen molar-refractivity contribution in [3.8, 4) is 0 Å². The first-order valence-corrected chi connectivity index (χ1v) is 3.90. The third-order valence-electron chi connectivity index (χ3n) is 1.60. The summed E-state index contributed by atoms with van der Waals surface area (Å²) < 4.78 is 0. The first kappa shape index (κ1) is 9.67. The van der Waals surface area contributed by atoms with Crippen LogP contribution in [0, 0.1) is 11.8 Å². The van der Waals surface area contributed by atoms with Crippen LogP contribution < -0.4 is 0 Å². The molecule has 0 aliphatic rings. The molecule has 0 amide bonds. The molecule has 0 aromatic carbocycles. The molecule has 0 unspecified atom stereocenters. The lowest BCUT2D eigenvalue weighted by atomic mass is 9.85. The van der Waals surface area contributed by atoms with Gasteiger partial charge in [0, 0.05) is 6.42 Å². The molecular weight excluding hydrogens is 124 g/mol. The smallest absolute Gasteiger partial charge is 0.120 e. The van der Waals surface area contributed by atoms with E-state index in [2.05, 4.69) is 27.2 Å². The van der Waals surface area contributed by atoms with Gasteiger partial charge >= 0.3 is 0 Å². The predicted octanol–water partition coefficient (Wildman–Crippen LogP) is 2.61. The Morgan fingerprint density at radius 2 is 2.00 bits per heavy atom. The fourth-order valence-corrected chi connectivity index (χ4v) is 0.833. The highest BCUT2D eigenvalue weighted by atomic mass is 16.1. The number of rotatable bonds is 5. The van der Waals surface area contributed by atoms with E-state index in [9.17, 15) is 4.79 Å². The van der Waals surface area contributed by atoms with Crippen molar-refractivity contribution in [2.75, 3.05) is 0 Å². The lowest BCUT2D eigenvalue weighted by Gasteiger charge is -2.20. The van der Waals surface area contributed by atoms with Gasteiger partial charge < -0.3 is 4.79 Å². The highest BCUT2D eigenvalue weighted by Crippen LogP contribution is 2.24. The summed E-state index contributed by atoms with van der Waals surface area (Å²) in [6.07, 6.45) is 6.14. The Balaban J connectivity index is 3.51. The molecule has 0 spiro atoms. The first-order valence-electron chi connectivity index (χ1n) is 3.90. The van der Waals surface area contributed by atoms with E-state index in [1.807, 2.05) is 0 Å². The van der Waals surface area contributed by atoms with Gasteiger partial charge in [0.25, 0.3) is 0 Å². The number of aldehydes is 1. The minimum atomic E-state index is 0.109. The molecule has 1 heteroatoms. The van der Waals surface area contributed by atoms with Crippen LogP contribution in [0.2, 0.25) is 0 Å². The summed E-state index contributed by atoms with van der Waals surface area (Å²) in [6.45, 7) is 6.33. The van der Waals surface area contributed by atoms with Crippen molar-refractivity contribution in [2.45, 2.75) is 40.0 Å². The molecule has 0 N–H and O–H groups in total. The highest BCUT2D eigenvalue weighted by molar-refractivity contribution is 5.50. The van der Waals surface area contributed by atoms with Crippen LogP contribution in [-0.2, 0) is 4.79 Å². The van der Waals surface area contributed by atoms with E-state index < -0.39 is 0 Å². The molecule has 0 rings (SSSR count). The van der Waals surface area contributed by atoms with Crippen LogP contribution in [0.15, 0.2) is 0 Å². The maximum atomic E-state index is 10.2. The second-order valence-corrected chi connectivity index (χ2v) is 3.35. The van der Waals surface area contributed by atoms with Crippen molar-refractivity contribution >= 4 is 6.29 Å². The van der Waals surface area contributed by atoms with Gasteiger partial charge in [0.2, 0.25) is 0 Å². The molecule has 10 heavy (non-hydrogen) atoms. The van der Waals surface area contributed by atoms with Crippen LogP contribution in [0.5, 0.6) is 0 Å². The van der Waals surface area contributed by atoms with Crippen molar-refractivity contribution < 1.29 is 4.79 Å². The molecule has 0 bridgehead atoms. The van der Waals surface area contributed by atoms with Gasteiger partial charge in [-0.1, -0.05) is 27.2 Å². The predicted molar refractivity (Wildman–Crippen MR) is 43.7 cm³/mol. The van der Waals surface area contributed by atoms with E-state index in [1.54, 1.807) is 0 Å². The van der Waals surface area contributed by atoms with Crippen molar-refractivity contribution in [1.29, 1.82) is 0 Å². The van der Waals surface area contributed by atoms with Crippen LogP contribution in [-0.4, -0.2) is 6.29 Å². The van der Waals surface area contributed by atoms with Gasteiger partial charge in [0.15, 0.2) is 0 Å². The number of carbonyl (C=O) groups is 1. The Bertz CT molecular complexity index is 94.9. The Morgan fingerprint density at radius 3 is 2.40 bits per heavy atom. The number of carbonyl (C=O) groups excluding carboxylic acids is 1. The molecule has 0 aliphatic heterocycles. The van der Waals surface area contributed by atoms with Gasteiger partial charge in [-0.25, -0.2) is 0 Å². The molecule has 59 valence electrons. The fraction of sp³-hybridized carbons (Fsp3) is 0.778. The van der Waals surface area contributed by atoms with Gasteiger partial charge in [-0.3, -0.25) is 0 Å². The maximum Gasteiger partial charge on any atom is 0.120 e. The van der Waals surface area contributed by atoms with Crippen LogP contribution in [0.25, 0.3) is 0 Å². The minimum absolute atomic E-state index is 0.109.